The first-order chi connectivity index (χ1) is 6.27. The van der Waals surface area contributed by atoms with Gasteiger partial charge in [-0.2, -0.15) is 0 Å². The van der Waals surface area contributed by atoms with Crippen LogP contribution in [-0.2, 0) is 0 Å². The van der Waals surface area contributed by atoms with Gasteiger partial charge in [0.25, 0.3) is 0 Å². The summed E-state index contributed by atoms with van der Waals surface area (Å²) in [5.74, 6) is 4.60. The van der Waals surface area contributed by atoms with Crippen LogP contribution in [-0.4, -0.2) is 0 Å². The van der Waals surface area contributed by atoms with Crippen molar-refractivity contribution in [3.05, 3.63) is 0 Å². The molecule has 84 valence electrons. The first kappa shape index (κ1) is 12.1. The summed E-state index contributed by atoms with van der Waals surface area (Å²) in [6.45, 7) is 16.9. The molecule has 0 aromatic carbocycles. The van der Waals surface area contributed by atoms with Crippen molar-refractivity contribution < 1.29 is 0 Å². The molecule has 3 unspecified atom stereocenters. The van der Waals surface area contributed by atoms with Gasteiger partial charge in [-0.05, 0) is 41.4 Å². The molecule has 0 heteroatoms. The molecule has 1 rings (SSSR count). The first-order valence-electron chi connectivity index (χ1n) is 6.27. The molecular weight excluding hydrogens is 168 g/mol. The SMILES string of the molecule is CC(C)C(C)CC(C)(C)C1C(C)C1C. The fourth-order valence-corrected chi connectivity index (χ4v) is 3.29. The van der Waals surface area contributed by atoms with Crippen LogP contribution in [0.15, 0.2) is 0 Å². The summed E-state index contributed by atoms with van der Waals surface area (Å²) in [4.78, 5) is 0. The first-order valence-corrected chi connectivity index (χ1v) is 6.27. The molecular formula is C14H28. The molecule has 0 nitrogen and oxygen atoms in total. The molecule has 1 saturated carbocycles. The average molecular weight is 196 g/mol. The van der Waals surface area contributed by atoms with Gasteiger partial charge in [-0.1, -0.05) is 48.5 Å². The Labute approximate surface area is 90.5 Å². The fraction of sp³-hybridized carbons (Fsp3) is 1.00. The maximum Gasteiger partial charge on any atom is -0.0306 e. The van der Waals surface area contributed by atoms with Crippen LogP contribution in [0.4, 0.5) is 0 Å². The summed E-state index contributed by atoms with van der Waals surface area (Å²) >= 11 is 0. The summed E-state index contributed by atoms with van der Waals surface area (Å²) in [6.07, 6.45) is 1.39. The number of hydrogen-bond donors (Lipinski definition) is 0. The minimum atomic E-state index is 0.558. The Bertz CT molecular complexity index is 182. The molecule has 0 amide bonds. The normalized spacial score (nSPS) is 34.7. The molecule has 0 aliphatic heterocycles. The van der Waals surface area contributed by atoms with Gasteiger partial charge >= 0.3 is 0 Å². The van der Waals surface area contributed by atoms with Gasteiger partial charge in [0.2, 0.25) is 0 Å². The monoisotopic (exact) mass is 196 g/mol. The third-order valence-electron chi connectivity index (χ3n) is 4.71. The molecule has 1 fully saturated rings. The highest BCUT2D eigenvalue weighted by Gasteiger charge is 2.51. The Balaban J connectivity index is 2.50. The second-order valence-electron chi connectivity index (χ2n) is 6.66. The summed E-state index contributed by atoms with van der Waals surface area (Å²) in [6, 6.07) is 0. The van der Waals surface area contributed by atoms with E-state index in [1.807, 2.05) is 0 Å². The standard InChI is InChI=1S/C14H28/c1-9(2)10(3)8-14(6,7)13-11(4)12(13)5/h9-13H,8H2,1-7H3. The molecule has 1 aliphatic rings. The smallest absolute Gasteiger partial charge is 0.0306 e. The van der Waals surface area contributed by atoms with Crippen molar-refractivity contribution in [2.24, 2.45) is 35.0 Å². The topological polar surface area (TPSA) is 0 Å². The van der Waals surface area contributed by atoms with Crippen molar-refractivity contribution in [3.8, 4) is 0 Å². The molecule has 0 bridgehead atoms. The molecule has 0 spiro atoms. The van der Waals surface area contributed by atoms with E-state index in [0.29, 0.717) is 5.41 Å². The molecule has 0 N–H and O–H groups in total. The molecule has 0 aromatic rings. The van der Waals surface area contributed by atoms with E-state index in [0.717, 1.165) is 29.6 Å². The predicted molar refractivity (Wildman–Crippen MR) is 64.2 cm³/mol. The van der Waals surface area contributed by atoms with Gasteiger partial charge in [-0.15, -0.1) is 0 Å². The Morgan fingerprint density at radius 2 is 1.43 bits per heavy atom. The van der Waals surface area contributed by atoms with Crippen molar-refractivity contribution >= 4 is 0 Å². The summed E-state index contributed by atoms with van der Waals surface area (Å²) in [5.41, 5.74) is 0.558. The van der Waals surface area contributed by atoms with E-state index in [9.17, 15) is 0 Å². The Morgan fingerprint density at radius 1 is 1.00 bits per heavy atom. The van der Waals surface area contributed by atoms with Crippen LogP contribution in [0, 0.1) is 35.0 Å². The lowest BCUT2D eigenvalue weighted by molar-refractivity contribution is 0.193. The zero-order valence-corrected chi connectivity index (χ0v) is 11.1. The second-order valence-corrected chi connectivity index (χ2v) is 6.66. The van der Waals surface area contributed by atoms with Crippen molar-refractivity contribution in [1.29, 1.82) is 0 Å². The van der Waals surface area contributed by atoms with E-state index in [1.54, 1.807) is 0 Å². The number of rotatable bonds is 4. The third kappa shape index (κ3) is 2.32. The average Bonchev–Trinajstić information content (AvgIpc) is 2.59. The van der Waals surface area contributed by atoms with Gasteiger partial charge in [0, 0.05) is 0 Å². The molecule has 0 radical (unpaired) electrons. The predicted octanol–water partition coefficient (Wildman–Crippen LogP) is 4.60. The van der Waals surface area contributed by atoms with E-state index in [-0.39, 0.29) is 0 Å². The van der Waals surface area contributed by atoms with Crippen molar-refractivity contribution in [3.63, 3.8) is 0 Å². The lowest BCUT2D eigenvalue weighted by Crippen LogP contribution is -2.22. The van der Waals surface area contributed by atoms with Crippen molar-refractivity contribution in [2.45, 2.75) is 54.9 Å². The van der Waals surface area contributed by atoms with Crippen molar-refractivity contribution in [1.82, 2.24) is 0 Å². The lowest BCUT2D eigenvalue weighted by atomic mass is 9.75. The Hall–Kier alpha value is 0. The zero-order valence-electron chi connectivity index (χ0n) is 11.1. The minimum Gasteiger partial charge on any atom is -0.0625 e. The quantitative estimate of drug-likeness (QED) is 0.616. The van der Waals surface area contributed by atoms with Gasteiger partial charge < -0.3 is 0 Å². The van der Waals surface area contributed by atoms with Crippen LogP contribution in [0.3, 0.4) is 0 Å². The Morgan fingerprint density at radius 3 is 1.71 bits per heavy atom. The van der Waals surface area contributed by atoms with Crippen LogP contribution in [0.5, 0.6) is 0 Å². The van der Waals surface area contributed by atoms with Gasteiger partial charge in [0.1, 0.15) is 0 Å². The van der Waals surface area contributed by atoms with Crippen LogP contribution >= 0.6 is 0 Å². The highest BCUT2D eigenvalue weighted by Crippen LogP contribution is 2.58. The van der Waals surface area contributed by atoms with Gasteiger partial charge in [-0.25, -0.2) is 0 Å². The van der Waals surface area contributed by atoms with Gasteiger partial charge in [-0.3, -0.25) is 0 Å². The molecule has 1 aliphatic carbocycles. The van der Waals surface area contributed by atoms with Crippen LogP contribution < -0.4 is 0 Å². The highest BCUT2D eigenvalue weighted by atomic mass is 14.6. The van der Waals surface area contributed by atoms with E-state index >= 15 is 0 Å². The van der Waals surface area contributed by atoms with E-state index < -0.39 is 0 Å². The largest absolute Gasteiger partial charge is 0.0625 e. The lowest BCUT2D eigenvalue weighted by Gasteiger charge is -2.30. The minimum absolute atomic E-state index is 0.558. The number of hydrogen-bond acceptors (Lipinski definition) is 0. The van der Waals surface area contributed by atoms with Crippen LogP contribution in [0.2, 0.25) is 0 Å². The summed E-state index contributed by atoms with van der Waals surface area (Å²) < 4.78 is 0. The fourth-order valence-electron chi connectivity index (χ4n) is 3.29. The third-order valence-corrected chi connectivity index (χ3v) is 4.71. The zero-order chi connectivity index (χ0) is 11.1. The highest BCUT2D eigenvalue weighted by molar-refractivity contribution is 5.00. The molecule has 0 heterocycles. The molecule has 0 aromatic heterocycles. The molecule has 14 heavy (non-hydrogen) atoms. The summed E-state index contributed by atoms with van der Waals surface area (Å²) in [7, 11) is 0. The molecule has 3 atom stereocenters. The second kappa shape index (κ2) is 3.87. The van der Waals surface area contributed by atoms with E-state index in [2.05, 4.69) is 48.5 Å². The van der Waals surface area contributed by atoms with E-state index in [4.69, 9.17) is 0 Å². The maximum absolute atomic E-state index is 2.47. The summed E-state index contributed by atoms with van der Waals surface area (Å²) in [5, 5.41) is 0. The van der Waals surface area contributed by atoms with Gasteiger partial charge in [0.05, 0.1) is 0 Å². The Kier molecular flexibility index (Phi) is 3.33. The molecule has 0 saturated heterocycles. The maximum atomic E-state index is 2.47. The van der Waals surface area contributed by atoms with Crippen molar-refractivity contribution in [2.75, 3.05) is 0 Å². The van der Waals surface area contributed by atoms with E-state index in [1.165, 1.54) is 6.42 Å². The van der Waals surface area contributed by atoms with Crippen LogP contribution in [0.25, 0.3) is 0 Å². The van der Waals surface area contributed by atoms with Crippen LogP contribution in [0.1, 0.15) is 54.9 Å². The van der Waals surface area contributed by atoms with Gasteiger partial charge in [0.15, 0.2) is 0 Å².